The second-order valence-corrected chi connectivity index (χ2v) is 2.37. The van der Waals surface area contributed by atoms with Crippen molar-refractivity contribution >= 4 is 5.91 Å². The van der Waals surface area contributed by atoms with Gasteiger partial charge in [0.05, 0.1) is 0 Å². The molecule has 0 fully saturated rings. The Balaban J connectivity index is 3.12. The van der Waals surface area contributed by atoms with E-state index < -0.39 is 0 Å². The van der Waals surface area contributed by atoms with Crippen LogP contribution in [0, 0.1) is 6.57 Å². The minimum atomic E-state index is -0.156. The standard InChI is InChI=1S/C8H14N2O/c1-3-4-5-6-10-8(11)7-9-2/h3-7H2,1H3,(H,10,11). The van der Waals surface area contributed by atoms with Gasteiger partial charge >= 0.3 is 0 Å². The fraction of sp³-hybridized carbons (Fsp3) is 0.750. The van der Waals surface area contributed by atoms with Gasteiger partial charge in [-0.25, -0.2) is 6.57 Å². The highest BCUT2D eigenvalue weighted by molar-refractivity contribution is 5.79. The van der Waals surface area contributed by atoms with E-state index in [9.17, 15) is 4.79 Å². The Morgan fingerprint density at radius 2 is 2.27 bits per heavy atom. The van der Waals surface area contributed by atoms with Gasteiger partial charge in [-0.15, -0.1) is 0 Å². The van der Waals surface area contributed by atoms with Crippen molar-refractivity contribution in [1.82, 2.24) is 5.32 Å². The zero-order chi connectivity index (χ0) is 8.53. The summed E-state index contributed by atoms with van der Waals surface area (Å²) < 4.78 is 0. The van der Waals surface area contributed by atoms with Crippen molar-refractivity contribution < 1.29 is 4.79 Å². The summed E-state index contributed by atoms with van der Waals surface area (Å²) in [6.07, 6.45) is 3.30. The van der Waals surface area contributed by atoms with Crippen molar-refractivity contribution in [3.63, 3.8) is 0 Å². The summed E-state index contributed by atoms with van der Waals surface area (Å²) in [5.41, 5.74) is 0. The summed E-state index contributed by atoms with van der Waals surface area (Å²) in [6.45, 7) is 9.20. The van der Waals surface area contributed by atoms with Crippen molar-refractivity contribution in [3.05, 3.63) is 11.4 Å². The second-order valence-electron chi connectivity index (χ2n) is 2.37. The minimum absolute atomic E-state index is 0.0356. The van der Waals surface area contributed by atoms with E-state index in [4.69, 9.17) is 6.57 Å². The molecule has 0 saturated heterocycles. The molecule has 0 rings (SSSR count). The van der Waals surface area contributed by atoms with Gasteiger partial charge < -0.3 is 10.2 Å². The number of amides is 1. The predicted octanol–water partition coefficient (Wildman–Crippen LogP) is 1.21. The second kappa shape index (κ2) is 7.07. The number of unbranched alkanes of at least 4 members (excludes halogenated alkanes) is 2. The average Bonchev–Trinajstić information content (AvgIpc) is 1.99. The van der Waals surface area contributed by atoms with Crippen LogP contribution in [-0.2, 0) is 4.79 Å². The van der Waals surface area contributed by atoms with E-state index >= 15 is 0 Å². The topological polar surface area (TPSA) is 33.5 Å². The van der Waals surface area contributed by atoms with Gasteiger partial charge in [0.25, 0.3) is 12.5 Å². The fourth-order valence-corrected chi connectivity index (χ4v) is 0.731. The van der Waals surface area contributed by atoms with E-state index in [0.717, 1.165) is 19.3 Å². The van der Waals surface area contributed by atoms with Crippen molar-refractivity contribution in [2.24, 2.45) is 0 Å². The Bertz CT molecular complexity index is 149. The van der Waals surface area contributed by atoms with Gasteiger partial charge in [0.2, 0.25) is 0 Å². The summed E-state index contributed by atoms with van der Waals surface area (Å²) in [5.74, 6) is -0.156. The van der Waals surface area contributed by atoms with Crippen molar-refractivity contribution in [3.8, 4) is 0 Å². The van der Waals surface area contributed by atoms with Crippen LogP contribution in [0.25, 0.3) is 4.85 Å². The molecule has 0 aromatic carbocycles. The van der Waals surface area contributed by atoms with E-state index in [2.05, 4.69) is 17.1 Å². The summed E-state index contributed by atoms with van der Waals surface area (Å²) in [5, 5.41) is 2.67. The smallest absolute Gasteiger partial charge is 0.300 e. The molecule has 0 bridgehead atoms. The van der Waals surface area contributed by atoms with E-state index in [1.54, 1.807) is 0 Å². The Labute approximate surface area is 67.6 Å². The molecule has 0 atom stereocenters. The zero-order valence-electron chi connectivity index (χ0n) is 6.89. The number of nitrogens with zero attached hydrogens (tertiary/aromatic N) is 1. The molecule has 1 N–H and O–H groups in total. The van der Waals surface area contributed by atoms with Crippen LogP contribution in [0.15, 0.2) is 0 Å². The quantitative estimate of drug-likeness (QED) is 0.468. The first-order valence-corrected chi connectivity index (χ1v) is 3.91. The molecule has 0 aromatic rings. The Morgan fingerprint density at radius 1 is 1.55 bits per heavy atom. The molecular weight excluding hydrogens is 140 g/mol. The lowest BCUT2D eigenvalue weighted by atomic mass is 10.2. The van der Waals surface area contributed by atoms with Crippen LogP contribution >= 0.6 is 0 Å². The molecule has 0 aliphatic rings. The van der Waals surface area contributed by atoms with E-state index in [1.165, 1.54) is 0 Å². The highest BCUT2D eigenvalue weighted by Crippen LogP contribution is 1.90. The molecule has 11 heavy (non-hydrogen) atoms. The van der Waals surface area contributed by atoms with Crippen LogP contribution in [0.4, 0.5) is 0 Å². The molecule has 0 saturated carbocycles. The molecule has 0 aliphatic heterocycles. The van der Waals surface area contributed by atoms with Crippen molar-refractivity contribution in [2.45, 2.75) is 26.2 Å². The van der Waals surface area contributed by atoms with Crippen LogP contribution in [0.5, 0.6) is 0 Å². The van der Waals surface area contributed by atoms with Crippen LogP contribution < -0.4 is 5.32 Å². The maximum atomic E-state index is 10.7. The predicted molar refractivity (Wildman–Crippen MR) is 44.0 cm³/mol. The number of carbonyl (C=O) groups is 1. The first-order chi connectivity index (χ1) is 5.31. The Morgan fingerprint density at radius 3 is 2.82 bits per heavy atom. The number of nitrogens with one attached hydrogen (secondary N) is 1. The first-order valence-electron chi connectivity index (χ1n) is 3.91. The highest BCUT2D eigenvalue weighted by atomic mass is 16.1. The molecule has 0 radical (unpaired) electrons. The number of carbonyl (C=O) groups excluding carboxylic acids is 1. The summed E-state index contributed by atoms with van der Waals surface area (Å²) in [6, 6.07) is 0. The van der Waals surface area contributed by atoms with Gasteiger partial charge in [0, 0.05) is 6.54 Å². The summed E-state index contributed by atoms with van der Waals surface area (Å²) >= 11 is 0. The Hall–Kier alpha value is -1.04. The van der Waals surface area contributed by atoms with Gasteiger partial charge in [-0.05, 0) is 6.42 Å². The number of hydrogen-bond acceptors (Lipinski definition) is 1. The first kappa shape index (κ1) is 9.96. The highest BCUT2D eigenvalue weighted by Gasteiger charge is 2.00. The molecule has 0 aliphatic carbocycles. The average molecular weight is 154 g/mol. The van der Waals surface area contributed by atoms with Gasteiger partial charge in [0.15, 0.2) is 0 Å². The maximum absolute atomic E-state index is 10.7. The van der Waals surface area contributed by atoms with Crippen LogP contribution in [0.3, 0.4) is 0 Å². The molecule has 0 aromatic heterocycles. The van der Waals surface area contributed by atoms with Gasteiger partial charge in [0.1, 0.15) is 0 Å². The normalized spacial score (nSPS) is 8.73. The lowest BCUT2D eigenvalue weighted by Crippen LogP contribution is -2.25. The third-order valence-electron chi connectivity index (χ3n) is 1.33. The zero-order valence-corrected chi connectivity index (χ0v) is 6.89. The van der Waals surface area contributed by atoms with Crippen LogP contribution in [0.1, 0.15) is 26.2 Å². The van der Waals surface area contributed by atoms with Gasteiger partial charge in [-0.2, -0.15) is 0 Å². The number of hydrogen-bond donors (Lipinski definition) is 1. The molecule has 3 nitrogen and oxygen atoms in total. The van der Waals surface area contributed by atoms with Crippen LogP contribution in [0.2, 0.25) is 0 Å². The molecule has 0 unspecified atom stereocenters. The Kier molecular flexibility index (Phi) is 6.40. The number of rotatable bonds is 5. The summed E-state index contributed by atoms with van der Waals surface area (Å²) in [7, 11) is 0. The molecule has 62 valence electrons. The van der Waals surface area contributed by atoms with Gasteiger partial charge in [-0.1, -0.05) is 19.8 Å². The third-order valence-corrected chi connectivity index (χ3v) is 1.33. The molecule has 0 spiro atoms. The third kappa shape index (κ3) is 6.85. The maximum Gasteiger partial charge on any atom is 0.300 e. The molecule has 3 heteroatoms. The fourth-order valence-electron chi connectivity index (χ4n) is 0.731. The lowest BCUT2D eigenvalue weighted by Gasteiger charge is -1.98. The largest absolute Gasteiger partial charge is 0.350 e. The monoisotopic (exact) mass is 154 g/mol. The molecular formula is C8H14N2O. The van der Waals surface area contributed by atoms with Crippen molar-refractivity contribution in [1.29, 1.82) is 0 Å². The SMILES string of the molecule is [C-]#[N+]CC(=O)NCCCCC. The minimum Gasteiger partial charge on any atom is -0.350 e. The van der Waals surface area contributed by atoms with Gasteiger partial charge in [-0.3, -0.25) is 4.79 Å². The van der Waals surface area contributed by atoms with E-state index in [0.29, 0.717) is 6.54 Å². The van der Waals surface area contributed by atoms with Crippen LogP contribution in [-0.4, -0.2) is 19.0 Å². The van der Waals surface area contributed by atoms with E-state index in [-0.39, 0.29) is 12.5 Å². The molecule has 1 amide bonds. The van der Waals surface area contributed by atoms with E-state index in [1.807, 2.05) is 0 Å². The summed E-state index contributed by atoms with van der Waals surface area (Å²) in [4.78, 5) is 13.7. The van der Waals surface area contributed by atoms with Crippen molar-refractivity contribution in [2.75, 3.05) is 13.1 Å². The molecule has 0 heterocycles. The lowest BCUT2D eigenvalue weighted by molar-refractivity contribution is -0.119.